The van der Waals surface area contributed by atoms with E-state index in [1.54, 1.807) is 12.1 Å². The van der Waals surface area contributed by atoms with Crippen LogP contribution in [0.3, 0.4) is 0 Å². The van der Waals surface area contributed by atoms with Crippen LogP contribution in [0.4, 0.5) is 4.39 Å². The van der Waals surface area contributed by atoms with Gasteiger partial charge in [0.15, 0.2) is 0 Å². The fourth-order valence-corrected chi connectivity index (χ4v) is 2.02. The van der Waals surface area contributed by atoms with Crippen LogP contribution in [0.5, 0.6) is 0 Å². The van der Waals surface area contributed by atoms with Crippen LogP contribution in [0.25, 0.3) is 0 Å². The van der Waals surface area contributed by atoms with Crippen molar-refractivity contribution in [1.29, 1.82) is 0 Å². The first-order valence-corrected chi connectivity index (χ1v) is 6.07. The topological polar surface area (TPSA) is 38.5 Å². The summed E-state index contributed by atoms with van der Waals surface area (Å²) in [4.78, 5) is 2.35. The summed E-state index contributed by atoms with van der Waals surface area (Å²) >= 11 is 0. The SMILES string of the molecule is N[C@@H](CCN1CCOCC1)c1ccc(F)cc1. The van der Waals surface area contributed by atoms with Gasteiger partial charge in [-0.1, -0.05) is 12.1 Å². The van der Waals surface area contributed by atoms with E-state index in [1.165, 1.54) is 12.1 Å². The van der Waals surface area contributed by atoms with Crippen molar-refractivity contribution in [2.75, 3.05) is 32.8 Å². The molecule has 1 saturated heterocycles. The normalized spacial score (nSPS) is 19.2. The van der Waals surface area contributed by atoms with E-state index in [-0.39, 0.29) is 11.9 Å². The Morgan fingerprint density at radius 2 is 1.88 bits per heavy atom. The van der Waals surface area contributed by atoms with Gasteiger partial charge < -0.3 is 10.5 Å². The van der Waals surface area contributed by atoms with Gasteiger partial charge in [0.2, 0.25) is 0 Å². The first kappa shape index (κ1) is 12.5. The molecule has 1 aromatic carbocycles. The number of hydrogen-bond donors (Lipinski definition) is 1. The van der Waals surface area contributed by atoms with Crippen LogP contribution in [0, 0.1) is 5.82 Å². The van der Waals surface area contributed by atoms with Crippen molar-refractivity contribution in [2.24, 2.45) is 5.73 Å². The third kappa shape index (κ3) is 3.77. The second kappa shape index (κ2) is 6.10. The van der Waals surface area contributed by atoms with Gasteiger partial charge in [0, 0.05) is 25.7 Å². The summed E-state index contributed by atoms with van der Waals surface area (Å²) in [5.74, 6) is -0.214. The molecule has 17 heavy (non-hydrogen) atoms. The summed E-state index contributed by atoms with van der Waals surface area (Å²) in [5.41, 5.74) is 7.08. The second-order valence-electron chi connectivity index (χ2n) is 4.40. The highest BCUT2D eigenvalue weighted by Crippen LogP contribution is 2.15. The maximum Gasteiger partial charge on any atom is 0.123 e. The largest absolute Gasteiger partial charge is 0.379 e. The third-order valence-corrected chi connectivity index (χ3v) is 3.16. The molecule has 2 rings (SSSR count). The Balaban J connectivity index is 1.80. The molecule has 0 aliphatic carbocycles. The van der Waals surface area contributed by atoms with Gasteiger partial charge in [0.05, 0.1) is 13.2 Å². The van der Waals surface area contributed by atoms with E-state index in [9.17, 15) is 4.39 Å². The molecule has 0 bridgehead atoms. The van der Waals surface area contributed by atoms with E-state index in [2.05, 4.69) is 4.90 Å². The predicted octanol–water partition coefficient (Wildman–Crippen LogP) is 1.55. The molecular formula is C13H19FN2O. The zero-order valence-corrected chi connectivity index (χ0v) is 9.94. The lowest BCUT2D eigenvalue weighted by Gasteiger charge is -2.27. The molecule has 0 unspecified atom stereocenters. The van der Waals surface area contributed by atoms with Gasteiger partial charge in [0.1, 0.15) is 5.82 Å². The maximum atomic E-state index is 12.8. The molecule has 1 heterocycles. The van der Waals surface area contributed by atoms with Gasteiger partial charge in [-0.05, 0) is 24.1 Å². The van der Waals surface area contributed by atoms with Crippen LogP contribution in [0.15, 0.2) is 24.3 Å². The van der Waals surface area contributed by atoms with E-state index >= 15 is 0 Å². The van der Waals surface area contributed by atoms with E-state index in [4.69, 9.17) is 10.5 Å². The van der Waals surface area contributed by atoms with Gasteiger partial charge in [-0.25, -0.2) is 4.39 Å². The summed E-state index contributed by atoms with van der Waals surface area (Å²) in [5, 5.41) is 0. The average Bonchev–Trinajstić information content (AvgIpc) is 2.38. The van der Waals surface area contributed by atoms with Gasteiger partial charge in [-0.15, -0.1) is 0 Å². The number of nitrogens with zero attached hydrogens (tertiary/aromatic N) is 1. The van der Waals surface area contributed by atoms with Crippen LogP contribution in [0.1, 0.15) is 18.0 Å². The smallest absolute Gasteiger partial charge is 0.123 e. The molecule has 0 aromatic heterocycles. The van der Waals surface area contributed by atoms with Crippen molar-refractivity contribution in [3.05, 3.63) is 35.6 Å². The summed E-state index contributed by atoms with van der Waals surface area (Å²) in [6, 6.07) is 6.44. The maximum absolute atomic E-state index is 12.8. The Labute approximate surface area is 101 Å². The van der Waals surface area contributed by atoms with E-state index in [1.807, 2.05) is 0 Å². The summed E-state index contributed by atoms with van der Waals surface area (Å²) in [6.45, 7) is 4.56. The minimum atomic E-state index is -0.214. The lowest BCUT2D eigenvalue weighted by atomic mass is 10.0. The van der Waals surface area contributed by atoms with Crippen molar-refractivity contribution < 1.29 is 9.13 Å². The monoisotopic (exact) mass is 238 g/mol. The zero-order chi connectivity index (χ0) is 12.1. The minimum absolute atomic E-state index is 0.0153. The van der Waals surface area contributed by atoms with Crippen LogP contribution >= 0.6 is 0 Å². The van der Waals surface area contributed by atoms with Crippen LogP contribution in [0.2, 0.25) is 0 Å². The van der Waals surface area contributed by atoms with E-state index < -0.39 is 0 Å². The first-order chi connectivity index (χ1) is 8.25. The summed E-state index contributed by atoms with van der Waals surface area (Å²) in [7, 11) is 0. The molecule has 1 fully saturated rings. The van der Waals surface area contributed by atoms with Crippen LogP contribution < -0.4 is 5.73 Å². The molecule has 0 spiro atoms. The van der Waals surface area contributed by atoms with Gasteiger partial charge in [-0.2, -0.15) is 0 Å². The third-order valence-electron chi connectivity index (χ3n) is 3.16. The average molecular weight is 238 g/mol. The number of benzene rings is 1. The highest BCUT2D eigenvalue weighted by atomic mass is 19.1. The van der Waals surface area contributed by atoms with Gasteiger partial charge >= 0.3 is 0 Å². The Hall–Kier alpha value is -0.970. The minimum Gasteiger partial charge on any atom is -0.379 e. The Morgan fingerprint density at radius 3 is 2.53 bits per heavy atom. The van der Waals surface area contributed by atoms with Crippen molar-refractivity contribution >= 4 is 0 Å². The lowest BCUT2D eigenvalue weighted by molar-refractivity contribution is 0.0366. The quantitative estimate of drug-likeness (QED) is 0.865. The molecule has 1 aliphatic heterocycles. The number of hydrogen-bond acceptors (Lipinski definition) is 3. The molecule has 1 aliphatic rings. The molecular weight excluding hydrogens is 219 g/mol. The Bertz CT molecular complexity index is 336. The van der Waals surface area contributed by atoms with Crippen molar-refractivity contribution in [1.82, 2.24) is 4.90 Å². The van der Waals surface area contributed by atoms with Crippen LogP contribution in [-0.2, 0) is 4.74 Å². The molecule has 94 valence electrons. The molecule has 2 N–H and O–H groups in total. The molecule has 4 heteroatoms. The number of rotatable bonds is 4. The summed E-state index contributed by atoms with van der Waals surface area (Å²) in [6.07, 6.45) is 0.894. The molecule has 0 saturated carbocycles. The fraction of sp³-hybridized carbons (Fsp3) is 0.538. The van der Waals surface area contributed by atoms with Crippen molar-refractivity contribution in [2.45, 2.75) is 12.5 Å². The van der Waals surface area contributed by atoms with E-state index in [0.29, 0.717) is 0 Å². The van der Waals surface area contributed by atoms with Crippen LogP contribution in [-0.4, -0.2) is 37.7 Å². The number of halogens is 1. The second-order valence-corrected chi connectivity index (χ2v) is 4.40. The first-order valence-electron chi connectivity index (χ1n) is 6.07. The summed E-state index contributed by atoms with van der Waals surface area (Å²) < 4.78 is 18.1. The standard InChI is InChI=1S/C13H19FN2O/c14-12-3-1-11(2-4-12)13(15)5-6-16-7-9-17-10-8-16/h1-4,13H,5-10,15H2/t13-/m0/s1. The highest BCUT2D eigenvalue weighted by molar-refractivity contribution is 5.19. The predicted molar refractivity (Wildman–Crippen MR) is 65.2 cm³/mol. The van der Waals surface area contributed by atoms with Crippen molar-refractivity contribution in [3.8, 4) is 0 Å². The molecule has 0 amide bonds. The van der Waals surface area contributed by atoms with Gasteiger partial charge in [0.25, 0.3) is 0 Å². The molecule has 0 radical (unpaired) electrons. The Kier molecular flexibility index (Phi) is 4.48. The number of nitrogens with two attached hydrogens (primary N) is 1. The Morgan fingerprint density at radius 1 is 1.24 bits per heavy atom. The number of ether oxygens (including phenoxy) is 1. The lowest BCUT2D eigenvalue weighted by Crippen LogP contribution is -2.37. The highest BCUT2D eigenvalue weighted by Gasteiger charge is 2.12. The number of morpholine rings is 1. The van der Waals surface area contributed by atoms with E-state index in [0.717, 1.165) is 44.8 Å². The van der Waals surface area contributed by atoms with Crippen molar-refractivity contribution in [3.63, 3.8) is 0 Å². The molecule has 3 nitrogen and oxygen atoms in total. The van der Waals surface area contributed by atoms with Gasteiger partial charge in [-0.3, -0.25) is 4.90 Å². The zero-order valence-electron chi connectivity index (χ0n) is 9.94. The molecule has 1 aromatic rings. The molecule has 1 atom stereocenters. The fourth-order valence-electron chi connectivity index (χ4n) is 2.02.